The van der Waals surface area contributed by atoms with Crippen molar-refractivity contribution in [2.75, 3.05) is 0 Å². The van der Waals surface area contributed by atoms with Crippen LogP contribution >= 0.6 is 0 Å². The number of alkyl halides is 3. The first kappa shape index (κ1) is 18.8. The van der Waals surface area contributed by atoms with E-state index in [0.717, 1.165) is 28.5 Å². The molecule has 3 heterocycles. The van der Waals surface area contributed by atoms with Crippen LogP contribution in [0.2, 0.25) is 0 Å². The molecule has 0 amide bonds. The number of halogens is 3. The molecule has 1 aliphatic carbocycles. The average molecular weight is 413 g/mol. The molecule has 0 atom stereocenters. The van der Waals surface area contributed by atoms with Gasteiger partial charge in [0.2, 0.25) is 0 Å². The van der Waals surface area contributed by atoms with Crippen LogP contribution < -0.4 is 10.9 Å². The number of hydrogen-bond acceptors (Lipinski definition) is 4. The summed E-state index contributed by atoms with van der Waals surface area (Å²) in [7, 11) is 0. The predicted molar refractivity (Wildman–Crippen MR) is 107 cm³/mol. The minimum Gasteiger partial charge on any atom is -0.310 e. The van der Waals surface area contributed by atoms with Crippen molar-refractivity contribution in [3.63, 3.8) is 0 Å². The molecule has 154 valence electrons. The summed E-state index contributed by atoms with van der Waals surface area (Å²) < 4.78 is 40.5. The lowest BCUT2D eigenvalue weighted by atomic mass is 10.0. The fourth-order valence-electron chi connectivity index (χ4n) is 3.72. The van der Waals surface area contributed by atoms with Crippen molar-refractivity contribution in [3.05, 3.63) is 58.6 Å². The molecule has 6 nitrogen and oxygen atoms in total. The maximum Gasteiger partial charge on any atom is 0.406 e. The molecular formula is C21H18F3N5O. The van der Waals surface area contributed by atoms with Crippen LogP contribution in [0.3, 0.4) is 0 Å². The van der Waals surface area contributed by atoms with E-state index >= 15 is 0 Å². The zero-order valence-corrected chi connectivity index (χ0v) is 15.8. The van der Waals surface area contributed by atoms with E-state index in [1.807, 2.05) is 24.3 Å². The van der Waals surface area contributed by atoms with E-state index in [9.17, 15) is 18.0 Å². The molecule has 3 aromatic heterocycles. The topological polar surface area (TPSA) is 75.6 Å². The second-order valence-electron chi connectivity index (χ2n) is 7.56. The second kappa shape index (κ2) is 6.94. The number of nitrogens with one attached hydrogen (secondary N) is 2. The summed E-state index contributed by atoms with van der Waals surface area (Å²) in [5, 5.41) is 10.5. The number of rotatable bonds is 5. The minimum atomic E-state index is -4.54. The van der Waals surface area contributed by atoms with E-state index in [1.165, 1.54) is 12.4 Å². The molecule has 0 aliphatic heterocycles. The van der Waals surface area contributed by atoms with Gasteiger partial charge in [-0.25, -0.2) is 0 Å². The first-order chi connectivity index (χ1) is 14.4. The monoisotopic (exact) mass is 413 g/mol. The number of fused-ring (bicyclic) bond motifs is 3. The van der Waals surface area contributed by atoms with Gasteiger partial charge in [0.15, 0.2) is 0 Å². The zero-order chi connectivity index (χ0) is 20.9. The Morgan fingerprint density at radius 2 is 1.97 bits per heavy atom. The number of hydrogen-bond donors (Lipinski definition) is 2. The summed E-state index contributed by atoms with van der Waals surface area (Å²) in [5.74, 6) is 0. The van der Waals surface area contributed by atoms with Crippen LogP contribution in [0.4, 0.5) is 13.2 Å². The highest BCUT2D eigenvalue weighted by Crippen LogP contribution is 2.29. The number of pyridine rings is 2. The molecule has 1 aliphatic rings. The molecule has 4 aromatic rings. The molecule has 0 radical (unpaired) electrons. The molecule has 0 saturated heterocycles. The van der Waals surface area contributed by atoms with Crippen LogP contribution in [-0.2, 0) is 13.1 Å². The van der Waals surface area contributed by atoms with Gasteiger partial charge in [0, 0.05) is 29.7 Å². The molecule has 2 N–H and O–H groups in total. The van der Waals surface area contributed by atoms with Crippen LogP contribution in [0.1, 0.15) is 18.4 Å². The number of H-pyrrole nitrogens is 1. The molecule has 0 bridgehead atoms. The molecule has 9 heteroatoms. The molecule has 1 saturated carbocycles. The summed E-state index contributed by atoms with van der Waals surface area (Å²) in [6.45, 7) is -0.729. The van der Waals surface area contributed by atoms with Crippen molar-refractivity contribution in [3.8, 4) is 11.3 Å². The Morgan fingerprint density at radius 1 is 1.17 bits per heavy atom. The summed E-state index contributed by atoms with van der Waals surface area (Å²) in [6.07, 6.45) is 0.517. The van der Waals surface area contributed by atoms with Gasteiger partial charge in [-0.2, -0.15) is 18.3 Å². The van der Waals surface area contributed by atoms with Gasteiger partial charge in [-0.1, -0.05) is 24.3 Å². The summed E-state index contributed by atoms with van der Waals surface area (Å²) in [4.78, 5) is 17.3. The molecular weight excluding hydrogens is 395 g/mol. The Balaban J connectivity index is 1.70. The third-order valence-electron chi connectivity index (χ3n) is 5.35. The normalized spacial score (nSPS) is 14.6. The van der Waals surface area contributed by atoms with Crippen LogP contribution in [0.5, 0.6) is 0 Å². The maximum atomic E-state index is 13.2. The first-order valence-corrected chi connectivity index (χ1v) is 9.65. The van der Waals surface area contributed by atoms with Gasteiger partial charge in [0.05, 0.1) is 28.3 Å². The molecule has 5 rings (SSSR count). The van der Waals surface area contributed by atoms with Crippen LogP contribution in [-0.4, -0.2) is 32.0 Å². The maximum absolute atomic E-state index is 13.2. The van der Waals surface area contributed by atoms with E-state index in [0.29, 0.717) is 29.2 Å². The molecule has 1 aromatic carbocycles. The van der Waals surface area contributed by atoms with E-state index < -0.39 is 18.3 Å². The van der Waals surface area contributed by atoms with E-state index in [4.69, 9.17) is 0 Å². The van der Waals surface area contributed by atoms with Crippen molar-refractivity contribution < 1.29 is 13.2 Å². The van der Waals surface area contributed by atoms with Gasteiger partial charge in [-0.3, -0.25) is 19.4 Å². The summed E-state index contributed by atoms with van der Waals surface area (Å²) in [6, 6.07) is 9.72. The molecule has 30 heavy (non-hydrogen) atoms. The van der Waals surface area contributed by atoms with E-state index in [-0.39, 0.29) is 10.9 Å². The highest BCUT2D eigenvalue weighted by molar-refractivity contribution is 6.03. The lowest BCUT2D eigenvalue weighted by Gasteiger charge is -2.15. The van der Waals surface area contributed by atoms with Gasteiger partial charge >= 0.3 is 6.18 Å². The number of benzene rings is 1. The fourth-order valence-corrected chi connectivity index (χ4v) is 3.72. The van der Waals surface area contributed by atoms with E-state index in [1.54, 1.807) is 6.07 Å². The first-order valence-electron chi connectivity index (χ1n) is 9.65. The zero-order valence-electron chi connectivity index (χ0n) is 15.8. The van der Waals surface area contributed by atoms with Gasteiger partial charge in [-0.05, 0) is 24.5 Å². The number of aromatic amines is 1. The third kappa shape index (κ3) is 3.45. The number of nitrogens with zero attached hydrogens (tertiary/aromatic N) is 3. The van der Waals surface area contributed by atoms with Crippen molar-refractivity contribution >= 4 is 21.8 Å². The van der Waals surface area contributed by atoms with E-state index in [2.05, 4.69) is 20.5 Å². The SMILES string of the molecule is O=c1c2cn[nH]c2c2cnc(-c3ccccc3CNC3CC3)cc2n1CC(F)(F)F. The van der Waals surface area contributed by atoms with Crippen LogP contribution in [0.15, 0.2) is 47.5 Å². The minimum absolute atomic E-state index is 0.107. The Morgan fingerprint density at radius 3 is 2.73 bits per heavy atom. The van der Waals surface area contributed by atoms with Gasteiger partial charge < -0.3 is 5.32 Å². The smallest absolute Gasteiger partial charge is 0.310 e. The average Bonchev–Trinajstić information content (AvgIpc) is 3.42. The lowest BCUT2D eigenvalue weighted by Crippen LogP contribution is -2.28. The Bertz CT molecular complexity index is 1300. The Kier molecular flexibility index (Phi) is 4.35. The third-order valence-corrected chi connectivity index (χ3v) is 5.35. The van der Waals surface area contributed by atoms with Crippen LogP contribution in [0, 0.1) is 0 Å². The quantitative estimate of drug-likeness (QED) is 0.523. The Hall–Kier alpha value is -3.20. The molecule has 0 spiro atoms. The summed E-state index contributed by atoms with van der Waals surface area (Å²) in [5.41, 5.74) is 2.17. The fraction of sp³-hybridized carbons (Fsp3) is 0.286. The van der Waals surface area contributed by atoms with Crippen molar-refractivity contribution in [2.24, 2.45) is 0 Å². The number of aromatic nitrogens is 4. The highest BCUT2D eigenvalue weighted by Gasteiger charge is 2.30. The second-order valence-corrected chi connectivity index (χ2v) is 7.56. The largest absolute Gasteiger partial charge is 0.406 e. The summed E-state index contributed by atoms with van der Waals surface area (Å²) >= 11 is 0. The van der Waals surface area contributed by atoms with Gasteiger partial charge in [0.1, 0.15) is 6.54 Å². The Labute approximate surface area is 168 Å². The molecule has 1 fully saturated rings. The predicted octanol–water partition coefficient (Wildman–Crippen LogP) is 3.75. The van der Waals surface area contributed by atoms with Crippen molar-refractivity contribution in [1.29, 1.82) is 0 Å². The lowest BCUT2D eigenvalue weighted by molar-refractivity contribution is -0.140. The molecule has 0 unspecified atom stereocenters. The van der Waals surface area contributed by atoms with Crippen molar-refractivity contribution in [1.82, 2.24) is 25.1 Å². The van der Waals surface area contributed by atoms with Crippen molar-refractivity contribution in [2.45, 2.75) is 38.1 Å². The highest BCUT2D eigenvalue weighted by atomic mass is 19.4. The van der Waals surface area contributed by atoms with Gasteiger partial charge in [0.25, 0.3) is 5.56 Å². The standard InChI is InChI=1S/C21H18F3N5O/c22-21(23,24)11-29-18-7-17(14-4-2-1-3-12(14)8-25-13-5-6-13)26-9-15(18)19-16(20(29)30)10-27-28-19/h1-4,7,9-10,13,25H,5-6,8,11H2,(H,27,28). The van der Waals surface area contributed by atoms with Crippen LogP contribution in [0.25, 0.3) is 33.1 Å². The van der Waals surface area contributed by atoms with Gasteiger partial charge in [-0.15, -0.1) is 0 Å².